The molecule has 1 aromatic carbocycles. The van der Waals surface area contributed by atoms with Crippen molar-refractivity contribution in [3.8, 4) is 23.3 Å². The van der Waals surface area contributed by atoms with Crippen LogP contribution in [0, 0.1) is 11.3 Å². The third kappa shape index (κ3) is 3.76. The molecule has 1 atom stereocenters. The molecule has 0 aliphatic heterocycles. The minimum absolute atomic E-state index is 0.0772. The van der Waals surface area contributed by atoms with Gasteiger partial charge in [-0.2, -0.15) is 10.2 Å². The van der Waals surface area contributed by atoms with Gasteiger partial charge < -0.3 is 9.26 Å². The number of pyridine rings is 1. The van der Waals surface area contributed by atoms with Crippen molar-refractivity contribution in [2.45, 2.75) is 19.3 Å². The summed E-state index contributed by atoms with van der Waals surface area (Å²) in [6.07, 6.45) is 2.25. The van der Waals surface area contributed by atoms with Crippen molar-refractivity contribution in [1.29, 1.82) is 5.26 Å². The molecule has 2 heterocycles. The zero-order chi connectivity index (χ0) is 16.8. The lowest BCUT2D eigenvalue weighted by molar-refractivity contribution is 0.280. The van der Waals surface area contributed by atoms with E-state index in [2.05, 4.69) is 15.1 Å². The van der Waals surface area contributed by atoms with Crippen LogP contribution >= 0.6 is 0 Å². The summed E-state index contributed by atoms with van der Waals surface area (Å²) in [6.45, 7) is 2.58. The summed E-state index contributed by atoms with van der Waals surface area (Å²) in [7, 11) is 0. The Hall–Kier alpha value is -3.20. The van der Waals surface area contributed by atoms with Gasteiger partial charge in [0.2, 0.25) is 11.7 Å². The van der Waals surface area contributed by atoms with E-state index in [0.29, 0.717) is 29.6 Å². The van der Waals surface area contributed by atoms with Crippen molar-refractivity contribution in [3.63, 3.8) is 0 Å². The number of hydrogen-bond donors (Lipinski definition) is 0. The molecule has 0 N–H and O–H groups in total. The smallest absolute Gasteiger partial charge is 0.229 e. The molecule has 24 heavy (non-hydrogen) atoms. The molecule has 120 valence electrons. The topological polar surface area (TPSA) is 84.8 Å². The quantitative estimate of drug-likeness (QED) is 0.690. The maximum atomic E-state index is 8.79. The van der Waals surface area contributed by atoms with Gasteiger partial charge in [-0.1, -0.05) is 30.3 Å². The van der Waals surface area contributed by atoms with Gasteiger partial charge in [0.15, 0.2) is 0 Å². The number of nitrogens with zero attached hydrogens (tertiary/aromatic N) is 4. The Morgan fingerprint density at radius 3 is 2.75 bits per heavy atom. The van der Waals surface area contributed by atoms with Crippen LogP contribution in [0.5, 0.6) is 5.75 Å². The molecule has 0 aliphatic carbocycles. The normalized spacial score (nSPS) is 11.7. The maximum absolute atomic E-state index is 8.79. The molecular weight excluding hydrogens is 304 g/mol. The second kappa shape index (κ2) is 7.38. The van der Waals surface area contributed by atoms with Gasteiger partial charge in [0, 0.05) is 12.1 Å². The van der Waals surface area contributed by atoms with E-state index in [9.17, 15) is 0 Å². The summed E-state index contributed by atoms with van der Waals surface area (Å²) in [5.74, 6) is 1.89. The molecule has 0 saturated heterocycles. The van der Waals surface area contributed by atoms with Gasteiger partial charge >= 0.3 is 0 Å². The van der Waals surface area contributed by atoms with Crippen LogP contribution in [0.1, 0.15) is 30.7 Å². The van der Waals surface area contributed by atoms with Gasteiger partial charge in [0.05, 0.1) is 12.2 Å². The van der Waals surface area contributed by atoms with Crippen molar-refractivity contribution in [2.24, 2.45) is 0 Å². The largest absolute Gasteiger partial charge is 0.494 e. The molecule has 0 amide bonds. The van der Waals surface area contributed by atoms with Crippen molar-refractivity contribution >= 4 is 0 Å². The Morgan fingerprint density at radius 1 is 1.21 bits per heavy atom. The first-order valence-electron chi connectivity index (χ1n) is 7.64. The molecule has 0 fully saturated rings. The van der Waals surface area contributed by atoms with Gasteiger partial charge in [-0.05, 0) is 30.7 Å². The molecule has 0 aliphatic rings. The van der Waals surface area contributed by atoms with E-state index in [0.717, 1.165) is 12.2 Å². The van der Waals surface area contributed by atoms with Crippen LogP contribution < -0.4 is 4.74 Å². The van der Waals surface area contributed by atoms with E-state index in [1.165, 1.54) is 6.20 Å². The van der Waals surface area contributed by atoms with Crippen LogP contribution in [0.2, 0.25) is 0 Å². The molecule has 1 unspecified atom stereocenters. The van der Waals surface area contributed by atoms with E-state index in [-0.39, 0.29) is 5.92 Å². The summed E-state index contributed by atoms with van der Waals surface area (Å²) in [5.41, 5.74) is 1.07. The third-order valence-corrected chi connectivity index (χ3v) is 3.55. The zero-order valence-electron chi connectivity index (χ0n) is 13.2. The van der Waals surface area contributed by atoms with Crippen LogP contribution in [-0.4, -0.2) is 21.7 Å². The van der Waals surface area contributed by atoms with E-state index in [1.807, 2.05) is 43.3 Å². The van der Waals surface area contributed by atoms with Gasteiger partial charge in [0.25, 0.3) is 0 Å². The summed E-state index contributed by atoms with van der Waals surface area (Å²) in [4.78, 5) is 8.54. The molecule has 3 aromatic rings. The Morgan fingerprint density at radius 2 is 2.04 bits per heavy atom. The van der Waals surface area contributed by atoms with Crippen molar-refractivity contribution < 1.29 is 9.26 Å². The average molecular weight is 320 g/mol. The van der Waals surface area contributed by atoms with Crippen molar-refractivity contribution in [3.05, 3.63) is 60.1 Å². The van der Waals surface area contributed by atoms with Crippen LogP contribution in [0.3, 0.4) is 0 Å². The minimum atomic E-state index is 0.0772. The lowest BCUT2D eigenvalue weighted by Gasteiger charge is -2.08. The molecule has 6 nitrogen and oxygen atoms in total. The highest BCUT2D eigenvalue weighted by atomic mass is 16.5. The number of rotatable bonds is 6. The predicted octanol–water partition coefficient (Wildman–Crippen LogP) is 3.58. The van der Waals surface area contributed by atoms with E-state index in [4.69, 9.17) is 14.5 Å². The highest BCUT2D eigenvalue weighted by Gasteiger charge is 2.16. The first kappa shape index (κ1) is 15.7. The first-order valence-corrected chi connectivity index (χ1v) is 7.64. The first-order chi connectivity index (χ1) is 11.8. The highest BCUT2D eigenvalue weighted by molar-refractivity contribution is 5.49. The van der Waals surface area contributed by atoms with Crippen LogP contribution in [0.25, 0.3) is 11.5 Å². The number of ether oxygens (including phenoxy) is 1. The Balaban J connectivity index is 1.59. The van der Waals surface area contributed by atoms with Crippen LogP contribution in [0.4, 0.5) is 0 Å². The number of aromatic nitrogens is 3. The molecule has 0 radical (unpaired) electrons. The lowest BCUT2D eigenvalue weighted by atomic mass is 10.1. The SMILES string of the molecule is CC(CCOc1ccccc1)c1nc(-c2ccc(C#N)cn2)no1. The zero-order valence-corrected chi connectivity index (χ0v) is 13.2. The van der Waals surface area contributed by atoms with E-state index < -0.39 is 0 Å². The second-order valence-electron chi connectivity index (χ2n) is 5.35. The molecule has 0 spiro atoms. The molecular formula is C18H16N4O2. The predicted molar refractivity (Wildman–Crippen MR) is 87.2 cm³/mol. The number of hydrogen-bond acceptors (Lipinski definition) is 6. The highest BCUT2D eigenvalue weighted by Crippen LogP contribution is 2.21. The standard InChI is InChI=1S/C18H16N4O2/c1-13(9-10-23-15-5-3-2-4-6-15)18-21-17(22-24-18)16-8-7-14(11-19)12-20-16/h2-8,12-13H,9-10H2,1H3. The Kier molecular flexibility index (Phi) is 4.82. The summed E-state index contributed by atoms with van der Waals surface area (Å²) in [6, 6.07) is 15.1. The molecule has 3 rings (SSSR count). The fraction of sp³-hybridized carbons (Fsp3) is 0.222. The van der Waals surface area contributed by atoms with Crippen molar-refractivity contribution in [1.82, 2.24) is 15.1 Å². The van der Waals surface area contributed by atoms with Crippen LogP contribution in [0.15, 0.2) is 53.2 Å². The van der Waals surface area contributed by atoms with Gasteiger partial charge in [-0.25, -0.2) is 0 Å². The fourth-order valence-electron chi connectivity index (χ4n) is 2.13. The molecule has 0 saturated carbocycles. The van der Waals surface area contributed by atoms with Crippen molar-refractivity contribution in [2.75, 3.05) is 6.61 Å². The lowest BCUT2D eigenvalue weighted by Crippen LogP contribution is -2.03. The van der Waals surface area contributed by atoms with Gasteiger partial charge in [0.1, 0.15) is 17.5 Å². The van der Waals surface area contributed by atoms with E-state index in [1.54, 1.807) is 12.1 Å². The summed E-state index contributed by atoms with van der Waals surface area (Å²) >= 11 is 0. The molecule has 2 aromatic heterocycles. The average Bonchev–Trinajstić information content (AvgIpc) is 3.13. The monoisotopic (exact) mass is 320 g/mol. The molecule has 0 bridgehead atoms. The van der Waals surface area contributed by atoms with Crippen LogP contribution in [-0.2, 0) is 0 Å². The fourth-order valence-corrected chi connectivity index (χ4v) is 2.13. The van der Waals surface area contributed by atoms with Gasteiger partial charge in [-0.15, -0.1) is 0 Å². The number of benzene rings is 1. The second-order valence-corrected chi connectivity index (χ2v) is 5.35. The Labute approximate surface area is 139 Å². The number of para-hydroxylation sites is 1. The minimum Gasteiger partial charge on any atom is -0.494 e. The van der Waals surface area contributed by atoms with E-state index >= 15 is 0 Å². The Bertz CT molecular complexity index is 822. The molecule has 6 heteroatoms. The van der Waals surface area contributed by atoms with Gasteiger partial charge in [-0.3, -0.25) is 4.98 Å². The summed E-state index contributed by atoms with van der Waals surface area (Å²) < 4.78 is 11.0. The third-order valence-electron chi connectivity index (χ3n) is 3.55. The number of nitriles is 1. The maximum Gasteiger partial charge on any atom is 0.229 e. The summed E-state index contributed by atoms with van der Waals surface area (Å²) in [5, 5.41) is 12.7.